The number of aryl methyl sites for hydroxylation is 1. The standard InChI is InChI=1S/C32H37N3/c1-4-6-8-11-27(26-12-9-7-10-13-26)15-14-25(5-2)28-16-18-29(19-17-28)30-20-21-33-31(23-30)32-22-24(3)34-35-32/h4,6-7,9-10,12-13,16-23,25,27H,5,8,11,14-15H2,1-3H3,(H,34,35)/b6-4+. The van der Waals surface area contributed by atoms with Gasteiger partial charge < -0.3 is 0 Å². The van der Waals surface area contributed by atoms with E-state index in [-0.39, 0.29) is 0 Å². The van der Waals surface area contributed by atoms with E-state index < -0.39 is 0 Å². The van der Waals surface area contributed by atoms with Crippen molar-refractivity contribution in [1.82, 2.24) is 15.2 Å². The number of benzene rings is 2. The molecule has 4 rings (SSSR count). The lowest BCUT2D eigenvalue weighted by Crippen LogP contribution is -2.04. The predicted molar refractivity (Wildman–Crippen MR) is 147 cm³/mol. The number of aromatic amines is 1. The fourth-order valence-corrected chi connectivity index (χ4v) is 4.92. The van der Waals surface area contributed by atoms with Crippen molar-refractivity contribution in [3.8, 4) is 22.5 Å². The van der Waals surface area contributed by atoms with Gasteiger partial charge in [-0.15, -0.1) is 0 Å². The van der Waals surface area contributed by atoms with Gasteiger partial charge in [0.1, 0.15) is 5.69 Å². The molecular formula is C32H37N3. The van der Waals surface area contributed by atoms with Gasteiger partial charge in [0.2, 0.25) is 0 Å². The highest BCUT2D eigenvalue weighted by molar-refractivity contribution is 5.69. The van der Waals surface area contributed by atoms with Crippen molar-refractivity contribution in [1.29, 1.82) is 0 Å². The Morgan fingerprint density at radius 1 is 0.800 bits per heavy atom. The maximum Gasteiger partial charge on any atom is 0.111 e. The van der Waals surface area contributed by atoms with E-state index in [0.29, 0.717) is 11.8 Å². The highest BCUT2D eigenvalue weighted by Gasteiger charge is 2.16. The first-order valence-corrected chi connectivity index (χ1v) is 12.9. The molecule has 0 fully saturated rings. The number of hydrogen-bond donors (Lipinski definition) is 1. The molecule has 0 saturated heterocycles. The number of rotatable bonds is 11. The van der Waals surface area contributed by atoms with Crippen LogP contribution in [0, 0.1) is 6.92 Å². The third-order valence-electron chi connectivity index (χ3n) is 6.99. The van der Waals surface area contributed by atoms with E-state index in [1.165, 1.54) is 41.5 Å². The first-order chi connectivity index (χ1) is 17.2. The second kappa shape index (κ2) is 12.3. The van der Waals surface area contributed by atoms with E-state index in [1.807, 2.05) is 19.2 Å². The number of hydrogen-bond acceptors (Lipinski definition) is 2. The third kappa shape index (κ3) is 6.57. The lowest BCUT2D eigenvalue weighted by atomic mass is 9.83. The fraction of sp³-hybridized carbons (Fsp3) is 0.312. The van der Waals surface area contributed by atoms with Crippen LogP contribution >= 0.6 is 0 Å². The van der Waals surface area contributed by atoms with Crippen LogP contribution in [0.3, 0.4) is 0 Å². The van der Waals surface area contributed by atoms with Crippen LogP contribution in [0.2, 0.25) is 0 Å². The minimum atomic E-state index is 0.581. The number of nitrogens with one attached hydrogen (secondary N) is 1. The van der Waals surface area contributed by atoms with Crippen molar-refractivity contribution in [3.63, 3.8) is 0 Å². The molecule has 1 N–H and O–H groups in total. The minimum Gasteiger partial charge on any atom is -0.282 e. The molecule has 4 aromatic rings. The van der Waals surface area contributed by atoms with Crippen molar-refractivity contribution in [2.24, 2.45) is 0 Å². The summed E-state index contributed by atoms with van der Waals surface area (Å²) in [6.45, 7) is 6.43. The van der Waals surface area contributed by atoms with Gasteiger partial charge >= 0.3 is 0 Å². The van der Waals surface area contributed by atoms with Crippen LogP contribution in [0.1, 0.15) is 74.6 Å². The van der Waals surface area contributed by atoms with Gasteiger partial charge in [0.05, 0.1) is 5.69 Å². The van der Waals surface area contributed by atoms with Crippen LogP contribution in [0.25, 0.3) is 22.5 Å². The summed E-state index contributed by atoms with van der Waals surface area (Å²) >= 11 is 0. The first-order valence-electron chi connectivity index (χ1n) is 12.9. The summed E-state index contributed by atoms with van der Waals surface area (Å²) in [5.74, 6) is 1.19. The number of allylic oxidation sites excluding steroid dienone is 2. The van der Waals surface area contributed by atoms with Gasteiger partial charge in [-0.05, 0) is 98.2 Å². The molecule has 0 bridgehead atoms. The maximum absolute atomic E-state index is 4.51. The van der Waals surface area contributed by atoms with Gasteiger partial charge in [-0.3, -0.25) is 10.1 Å². The van der Waals surface area contributed by atoms with E-state index in [0.717, 1.165) is 29.9 Å². The molecule has 180 valence electrons. The molecule has 3 nitrogen and oxygen atoms in total. The second-order valence-electron chi connectivity index (χ2n) is 9.42. The molecule has 2 unspecified atom stereocenters. The predicted octanol–water partition coefficient (Wildman–Crippen LogP) is 8.86. The summed E-state index contributed by atoms with van der Waals surface area (Å²) in [7, 11) is 0. The molecule has 0 amide bonds. The van der Waals surface area contributed by atoms with Gasteiger partial charge in [-0.2, -0.15) is 5.10 Å². The first kappa shape index (κ1) is 24.7. The molecule has 35 heavy (non-hydrogen) atoms. The van der Waals surface area contributed by atoms with Crippen molar-refractivity contribution in [2.45, 2.75) is 64.7 Å². The Bertz CT molecular complexity index is 1210. The van der Waals surface area contributed by atoms with E-state index in [2.05, 4.69) is 108 Å². The molecule has 2 heterocycles. The molecule has 0 spiro atoms. The Morgan fingerprint density at radius 3 is 2.23 bits per heavy atom. The Balaban J connectivity index is 1.45. The lowest BCUT2D eigenvalue weighted by Gasteiger charge is -2.21. The average molecular weight is 464 g/mol. The van der Waals surface area contributed by atoms with Gasteiger partial charge in [-0.25, -0.2) is 0 Å². The van der Waals surface area contributed by atoms with Crippen LogP contribution in [0.15, 0.2) is 91.1 Å². The molecule has 0 radical (unpaired) electrons. The highest BCUT2D eigenvalue weighted by Crippen LogP contribution is 2.34. The summed E-state index contributed by atoms with van der Waals surface area (Å²) < 4.78 is 0. The molecule has 2 aromatic heterocycles. The molecule has 0 saturated carbocycles. The third-order valence-corrected chi connectivity index (χ3v) is 6.99. The number of nitrogens with zero attached hydrogens (tertiary/aromatic N) is 2. The van der Waals surface area contributed by atoms with Crippen molar-refractivity contribution in [3.05, 3.63) is 108 Å². The largest absolute Gasteiger partial charge is 0.282 e. The zero-order valence-corrected chi connectivity index (χ0v) is 21.2. The van der Waals surface area contributed by atoms with Crippen molar-refractivity contribution >= 4 is 0 Å². The smallest absolute Gasteiger partial charge is 0.111 e. The summed E-state index contributed by atoms with van der Waals surface area (Å²) in [6.07, 6.45) is 12.3. The van der Waals surface area contributed by atoms with Crippen LogP contribution in [0.4, 0.5) is 0 Å². The van der Waals surface area contributed by atoms with Crippen molar-refractivity contribution < 1.29 is 0 Å². The number of pyridine rings is 1. The molecule has 0 aliphatic carbocycles. The van der Waals surface area contributed by atoms with Crippen LogP contribution in [0.5, 0.6) is 0 Å². The topological polar surface area (TPSA) is 41.6 Å². The molecule has 0 aliphatic heterocycles. The summed E-state index contributed by atoms with van der Waals surface area (Å²) in [6, 6.07) is 26.4. The maximum atomic E-state index is 4.51. The van der Waals surface area contributed by atoms with Gasteiger partial charge in [0, 0.05) is 11.9 Å². The van der Waals surface area contributed by atoms with E-state index in [4.69, 9.17) is 0 Å². The zero-order chi connectivity index (χ0) is 24.5. The SMILES string of the molecule is C/C=C/CCC(CCC(CC)c1ccc(-c2ccnc(-c3cc(C)[nH]n3)c2)cc1)c1ccccc1. The van der Waals surface area contributed by atoms with E-state index in [1.54, 1.807) is 0 Å². The fourth-order valence-electron chi connectivity index (χ4n) is 4.92. The highest BCUT2D eigenvalue weighted by atomic mass is 15.1. The molecule has 2 aromatic carbocycles. The Kier molecular flexibility index (Phi) is 8.67. The van der Waals surface area contributed by atoms with Crippen LogP contribution in [-0.2, 0) is 0 Å². The van der Waals surface area contributed by atoms with Gasteiger partial charge in [0.25, 0.3) is 0 Å². The van der Waals surface area contributed by atoms with Crippen LogP contribution in [-0.4, -0.2) is 15.2 Å². The molecular weight excluding hydrogens is 426 g/mol. The quantitative estimate of drug-likeness (QED) is 0.226. The van der Waals surface area contributed by atoms with E-state index in [9.17, 15) is 0 Å². The van der Waals surface area contributed by atoms with Gasteiger partial charge in [0.15, 0.2) is 0 Å². The molecule has 2 atom stereocenters. The Morgan fingerprint density at radius 2 is 1.54 bits per heavy atom. The minimum absolute atomic E-state index is 0.581. The van der Waals surface area contributed by atoms with Crippen molar-refractivity contribution in [2.75, 3.05) is 0 Å². The summed E-state index contributed by atoms with van der Waals surface area (Å²) in [5.41, 5.74) is 8.12. The molecule has 0 aliphatic rings. The molecule has 3 heteroatoms. The summed E-state index contributed by atoms with van der Waals surface area (Å²) in [4.78, 5) is 4.51. The Hall–Kier alpha value is -3.46. The Labute approximate surface area is 210 Å². The lowest BCUT2D eigenvalue weighted by molar-refractivity contribution is 0.498. The monoisotopic (exact) mass is 463 g/mol. The average Bonchev–Trinajstić information content (AvgIpc) is 3.35. The zero-order valence-electron chi connectivity index (χ0n) is 21.2. The summed E-state index contributed by atoms with van der Waals surface area (Å²) in [5, 5.41) is 7.36. The van der Waals surface area contributed by atoms with Gasteiger partial charge in [-0.1, -0.05) is 73.7 Å². The van der Waals surface area contributed by atoms with Crippen LogP contribution < -0.4 is 0 Å². The normalized spacial score (nSPS) is 13.2. The number of aromatic nitrogens is 3. The number of H-pyrrole nitrogens is 1. The van der Waals surface area contributed by atoms with E-state index >= 15 is 0 Å². The second-order valence-corrected chi connectivity index (χ2v) is 9.42.